The third kappa shape index (κ3) is 2.44. The van der Waals surface area contributed by atoms with E-state index in [2.05, 4.69) is 5.10 Å². The molecule has 0 saturated heterocycles. The highest BCUT2D eigenvalue weighted by Gasteiger charge is 2.18. The summed E-state index contributed by atoms with van der Waals surface area (Å²) in [6.07, 6.45) is 0. The second kappa shape index (κ2) is 5.12. The zero-order valence-electron chi connectivity index (χ0n) is 12.0. The number of hydrogen-bond donors (Lipinski definition) is 1. The summed E-state index contributed by atoms with van der Waals surface area (Å²) in [5.74, 6) is 1.08. The molecule has 110 valence electrons. The third-order valence-electron chi connectivity index (χ3n) is 3.52. The fourth-order valence-corrected chi connectivity index (χ4v) is 2.62. The van der Waals surface area contributed by atoms with E-state index in [4.69, 9.17) is 15.2 Å². The summed E-state index contributed by atoms with van der Waals surface area (Å²) in [6.45, 7) is 5.04. The number of aromatic nitrogens is 2. The number of nitrogens with two attached hydrogens (primary N) is 1. The normalized spacial score (nSPS) is 13.2. The molecule has 0 atom stereocenters. The molecule has 2 N–H and O–H groups in total. The van der Waals surface area contributed by atoms with Gasteiger partial charge in [0.15, 0.2) is 11.5 Å². The van der Waals surface area contributed by atoms with Crippen LogP contribution in [0.25, 0.3) is 11.1 Å². The zero-order chi connectivity index (χ0) is 15.0. The van der Waals surface area contributed by atoms with Gasteiger partial charge in [-0.05, 0) is 31.5 Å². The average Bonchev–Trinajstić information content (AvgIpc) is 2.72. The van der Waals surface area contributed by atoms with Crippen molar-refractivity contribution in [2.45, 2.75) is 20.4 Å². The molecule has 1 aromatic heterocycles. The van der Waals surface area contributed by atoms with Crippen LogP contribution in [-0.2, 0) is 11.3 Å². The number of carbonyl (C=O) groups excluding carboxylic acids is 1. The molecule has 0 unspecified atom stereocenters. The first-order valence-corrected chi connectivity index (χ1v) is 6.78. The van der Waals surface area contributed by atoms with Gasteiger partial charge in [0.2, 0.25) is 5.91 Å². The molecule has 0 bridgehead atoms. The lowest BCUT2D eigenvalue weighted by Gasteiger charge is -2.19. The lowest BCUT2D eigenvalue weighted by Crippen LogP contribution is -2.20. The van der Waals surface area contributed by atoms with Crippen molar-refractivity contribution in [2.75, 3.05) is 13.2 Å². The number of fused-ring (bicyclic) bond motifs is 1. The summed E-state index contributed by atoms with van der Waals surface area (Å²) in [6, 6.07) is 5.81. The van der Waals surface area contributed by atoms with Gasteiger partial charge in [-0.25, -0.2) is 0 Å². The number of primary amides is 1. The van der Waals surface area contributed by atoms with E-state index in [0.717, 1.165) is 34.0 Å². The Kier molecular flexibility index (Phi) is 3.29. The van der Waals surface area contributed by atoms with Gasteiger partial charge in [-0.15, -0.1) is 0 Å². The van der Waals surface area contributed by atoms with Crippen LogP contribution in [-0.4, -0.2) is 28.9 Å². The molecule has 0 spiro atoms. The van der Waals surface area contributed by atoms with Crippen molar-refractivity contribution in [3.05, 3.63) is 29.6 Å². The number of ether oxygens (including phenoxy) is 2. The van der Waals surface area contributed by atoms with E-state index in [1.54, 1.807) is 4.68 Å². The molecule has 21 heavy (non-hydrogen) atoms. The standard InChI is InChI=1S/C15H17N3O3/c1-9-15(10(2)18(17-9)8-14(16)19)11-3-4-12-13(7-11)21-6-5-20-12/h3-4,7H,5-6,8H2,1-2H3,(H2,16,19). The van der Waals surface area contributed by atoms with E-state index in [1.807, 2.05) is 32.0 Å². The maximum atomic E-state index is 11.1. The van der Waals surface area contributed by atoms with E-state index in [-0.39, 0.29) is 6.54 Å². The summed E-state index contributed by atoms with van der Waals surface area (Å²) in [5, 5.41) is 4.38. The van der Waals surface area contributed by atoms with Crippen LogP contribution in [0.5, 0.6) is 11.5 Å². The van der Waals surface area contributed by atoms with Gasteiger partial charge in [0.1, 0.15) is 19.8 Å². The minimum Gasteiger partial charge on any atom is -0.486 e. The molecule has 1 amide bonds. The van der Waals surface area contributed by atoms with Gasteiger partial charge in [-0.3, -0.25) is 9.48 Å². The Morgan fingerprint density at radius 3 is 2.71 bits per heavy atom. The number of nitrogens with zero attached hydrogens (tertiary/aromatic N) is 2. The van der Waals surface area contributed by atoms with Gasteiger partial charge in [0, 0.05) is 11.3 Å². The largest absolute Gasteiger partial charge is 0.486 e. The molecule has 6 heteroatoms. The first-order chi connectivity index (χ1) is 10.1. The van der Waals surface area contributed by atoms with E-state index in [9.17, 15) is 4.79 Å². The fraction of sp³-hybridized carbons (Fsp3) is 0.333. The molecule has 1 aliphatic heterocycles. The second-order valence-electron chi connectivity index (χ2n) is 5.03. The summed E-state index contributed by atoms with van der Waals surface area (Å²) >= 11 is 0. The van der Waals surface area contributed by atoms with Crippen LogP contribution in [0.15, 0.2) is 18.2 Å². The number of hydrogen-bond acceptors (Lipinski definition) is 4. The predicted molar refractivity (Wildman–Crippen MR) is 77.3 cm³/mol. The molecule has 2 heterocycles. The SMILES string of the molecule is Cc1nn(CC(N)=O)c(C)c1-c1ccc2c(c1)OCCO2. The van der Waals surface area contributed by atoms with Crippen LogP contribution in [0.3, 0.4) is 0 Å². The molecule has 0 aliphatic carbocycles. The lowest BCUT2D eigenvalue weighted by atomic mass is 10.0. The highest BCUT2D eigenvalue weighted by molar-refractivity contribution is 5.75. The average molecular weight is 287 g/mol. The Morgan fingerprint density at radius 1 is 1.29 bits per heavy atom. The van der Waals surface area contributed by atoms with Crippen LogP contribution < -0.4 is 15.2 Å². The number of benzene rings is 1. The molecule has 0 radical (unpaired) electrons. The van der Waals surface area contributed by atoms with Gasteiger partial charge >= 0.3 is 0 Å². The number of carbonyl (C=O) groups is 1. The Labute approximate surface area is 122 Å². The summed E-state index contributed by atoms with van der Waals surface area (Å²) in [7, 11) is 0. The van der Waals surface area contributed by atoms with Crippen molar-refractivity contribution >= 4 is 5.91 Å². The summed E-state index contributed by atoms with van der Waals surface area (Å²) < 4.78 is 12.8. The Hall–Kier alpha value is -2.50. The molecular formula is C15H17N3O3. The molecular weight excluding hydrogens is 270 g/mol. The predicted octanol–water partition coefficient (Wildman–Crippen LogP) is 1.42. The Balaban J connectivity index is 2.04. The van der Waals surface area contributed by atoms with E-state index >= 15 is 0 Å². The third-order valence-corrected chi connectivity index (χ3v) is 3.52. The first kappa shape index (κ1) is 13.5. The van der Waals surface area contributed by atoms with E-state index < -0.39 is 5.91 Å². The van der Waals surface area contributed by atoms with Crippen LogP contribution in [0.2, 0.25) is 0 Å². The van der Waals surface area contributed by atoms with Gasteiger partial charge < -0.3 is 15.2 Å². The van der Waals surface area contributed by atoms with Gasteiger partial charge in [0.05, 0.1) is 5.69 Å². The summed E-state index contributed by atoms with van der Waals surface area (Å²) in [5.41, 5.74) is 8.99. The highest BCUT2D eigenvalue weighted by Crippen LogP contribution is 2.36. The molecule has 6 nitrogen and oxygen atoms in total. The van der Waals surface area contributed by atoms with Crippen LogP contribution in [0, 0.1) is 13.8 Å². The number of rotatable bonds is 3. The molecule has 2 aromatic rings. The smallest absolute Gasteiger partial charge is 0.239 e. The van der Waals surface area contributed by atoms with Gasteiger partial charge in [-0.1, -0.05) is 6.07 Å². The molecule has 0 saturated carbocycles. The van der Waals surface area contributed by atoms with Crippen molar-refractivity contribution in [1.29, 1.82) is 0 Å². The Bertz CT molecular complexity index is 706. The minimum absolute atomic E-state index is 0.0806. The molecule has 3 rings (SSSR count). The lowest BCUT2D eigenvalue weighted by molar-refractivity contribution is -0.118. The highest BCUT2D eigenvalue weighted by atomic mass is 16.6. The zero-order valence-corrected chi connectivity index (χ0v) is 12.0. The van der Waals surface area contributed by atoms with Crippen LogP contribution in [0.4, 0.5) is 0 Å². The van der Waals surface area contributed by atoms with E-state index in [0.29, 0.717) is 13.2 Å². The van der Waals surface area contributed by atoms with Crippen molar-refractivity contribution in [2.24, 2.45) is 5.73 Å². The first-order valence-electron chi connectivity index (χ1n) is 6.78. The number of aryl methyl sites for hydroxylation is 1. The topological polar surface area (TPSA) is 79.4 Å². The monoisotopic (exact) mass is 287 g/mol. The minimum atomic E-state index is -0.408. The summed E-state index contributed by atoms with van der Waals surface area (Å²) in [4.78, 5) is 11.1. The maximum absolute atomic E-state index is 11.1. The maximum Gasteiger partial charge on any atom is 0.239 e. The number of amides is 1. The van der Waals surface area contributed by atoms with Crippen molar-refractivity contribution < 1.29 is 14.3 Å². The fourth-order valence-electron chi connectivity index (χ4n) is 2.62. The second-order valence-corrected chi connectivity index (χ2v) is 5.03. The van der Waals surface area contributed by atoms with Crippen molar-refractivity contribution in [3.8, 4) is 22.6 Å². The van der Waals surface area contributed by atoms with E-state index in [1.165, 1.54) is 0 Å². The molecule has 0 fully saturated rings. The van der Waals surface area contributed by atoms with Gasteiger partial charge in [0.25, 0.3) is 0 Å². The van der Waals surface area contributed by atoms with Crippen LogP contribution >= 0.6 is 0 Å². The molecule has 1 aliphatic rings. The Morgan fingerprint density at radius 2 is 2.00 bits per heavy atom. The molecule has 1 aromatic carbocycles. The van der Waals surface area contributed by atoms with Gasteiger partial charge in [-0.2, -0.15) is 5.10 Å². The van der Waals surface area contributed by atoms with Crippen molar-refractivity contribution in [1.82, 2.24) is 9.78 Å². The quantitative estimate of drug-likeness (QED) is 0.926. The van der Waals surface area contributed by atoms with Crippen molar-refractivity contribution in [3.63, 3.8) is 0 Å². The van der Waals surface area contributed by atoms with Crippen LogP contribution in [0.1, 0.15) is 11.4 Å².